The number of phenols is 1. The molecule has 40 heavy (non-hydrogen) atoms. The highest BCUT2D eigenvalue weighted by atomic mass is 35.5. The zero-order chi connectivity index (χ0) is 27.6. The Morgan fingerprint density at radius 3 is 2.58 bits per heavy atom. The summed E-state index contributed by atoms with van der Waals surface area (Å²) in [6.07, 6.45) is 4.28. The van der Waals surface area contributed by atoms with Crippen molar-refractivity contribution in [1.29, 1.82) is 0 Å². The van der Waals surface area contributed by atoms with Gasteiger partial charge in [0.1, 0.15) is 17.1 Å². The van der Waals surface area contributed by atoms with Crippen LogP contribution in [0.2, 0.25) is 5.02 Å². The molecule has 7 rings (SSSR count). The summed E-state index contributed by atoms with van der Waals surface area (Å²) in [6, 6.07) is 13.3. The van der Waals surface area contributed by atoms with Crippen molar-refractivity contribution in [2.45, 2.75) is 37.8 Å². The fraction of sp³-hybridized carbons (Fsp3) is 0.419. The van der Waals surface area contributed by atoms with E-state index in [2.05, 4.69) is 34.2 Å². The minimum absolute atomic E-state index is 0.0460. The third-order valence-electron chi connectivity index (χ3n) is 8.70. The van der Waals surface area contributed by atoms with E-state index in [9.17, 15) is 5.11 Å². The normalized spacial score (nSPS) is 21.5. The molecule has 1 aromatic heterocycles. The van der Waals surface area contributed by atoms with E-state index in [0.29, 0.717) is 23.4 Å². The van der Waals surface area contributed by atoms with Crippen molar-refractivity contribution < 1.29 is 14.2 Å². The molecule has 3 heterocycles. The van der Waals surface area contributed by atoms with E-state index in [1.54, 1.807) is 18.2 Å². The van der Waals surface area contributed by atoms with E-state index in [4.69, 9.17) is 21.3 Å². The summed E-state index contributed by atoms with van der Waals surface area (Å²) >= 11 is 6.87. The molecule has 3 fully saturated rings. The molecule has 208 valence electrons. The molecule has 7 nitrogen and oxygen atoms in total. The monoisotopic (exact) mass is 561 g/mol. The van der Waals surface area contributed by atoms with Crippen LogP contribution in [0.25, 0.3) is 32.8 Å². The van der Waals surface area contributed by atoms with Crippen LogP contribution in [-0.4, -0.2) is 72.4 Å². The maximum Gasteiger partial charge on any atom is 0.319 e. The lowest BCUT2D eigenvalue weighted by molar-refractivity contribution is 0.183. The Morgan fingerprint density at radius 2 is 1.85 bits per heavy atom. The third-order valence-corrected chi connectivity index (χ3v) is 9.00. The van der Waals surface area contributed by atoms with E-state index in [-0.39, 0.29) is 45.4 Å². The van der Waals surface area contributed by atoms with Gasteiger partial charge in [-0.3, -0.25) is 0 Å². The summed E-state index contributed by atoms with van der Waals surface area (Å²) in [5.74, 6) is 0.188. The SMILES string of the molecule is CN(C)CC1(COc2nc(N3C4CCC3CNC4)c3cc(Cl)c(-c4cc(O)cc5ccccc45)c(F)c3n2)CC1. The molecule has 4 aromatic rings. The maximum absolute atomic E-state index is 16.7. The molecule has 3 aromatic carbocycles. The average molecular weight is 562 g/mol. The van der Waals surface area contributed by atoms with Gasteiger partial charge in [0.15, 0.2) is 5.82 Å². The van der Waals surface area contributed by atoms with Crippen LogP contribution in [0.5, 0.6) is 11.8 Å². The Balaban J connectivity index is 1.40. The minimum atomic E-state index is -0.538. The Kier molecular flexibility index (Phi) is 6.25. The number of rotatable bonds is 7. The number of hydrogen-bond donors (Lipinski definition) is 2. The molecule has 1 aliphatic carbocycles. The van der Waals surface area contributed by atoms with Gasteiger partial charge in [-0.15, -0.1) is 0 Å². The lowest BCUT2D eigenvalue weighted by Crippen LogP contribution is -2.52. The second-order valence-corrected chi connectivity index (χ2v) is 12.4. The highest BCUT2D eigenvalue weighted by molar-refractivity contribution is 6.35. The largest absolute Gasteiger partial charge is 0.508 e. The van der Waals surface area contributed by atoms with Crippen molar-refractivity contribution in [3.05, 3.63) is 53.3 Å². The van der Waals surface area contributed by atoms with Gasteiger partial charge in [-0.1, -0.05) is 35.9 Å². The number of phenolic OH excluding ortho intramolecular Hbond substituents is 1. The van der Waals surface area contributed by atoms with Gasteiger partial charge in [0.25, 0.3) is 0 Å². The number of benzene rings is 3. The molecule has 3 aliphatic rings. The number of nitrogens with one attached hydrogen (secondary N) is 1. The third kappa shape index (κ3) is 4.42. The van der Waals surface area contributed by atoms with Crippen LogP contribution in [0, 0.1) is 11.2 Å². The lowest BCUT2D eigenvalue weighted by atomic mass is 9.96. The number of fused-ring (bicyclic) bond motifs is 4. The Hall–Kier alpha value is -3.20. The molecule has 2 saturated heterocycles. The Bertz CT molecular complexity index is 1610. The van der Waals surface area contributed by atoms with Crippen molar-refractivity contribution >= 4 is 39.1 Å². The number of aromatic hydroxyl groups is 1. The van der Waals surface area contributed by atoms with Crippen molar-refractivity contribution in [3.8, 4) is 22.9 Å². The Morgan fingerprint density at radius 1 is 1.10 bits per heavy atom. The summed E-state index contributed by atoms with van der Waals surface area (Å²) < 4.78 is 23.0. The first-order valence-corrected chi connectivity index (χ1v) is 14.4. The van der Waals surface area contributed by atoms with Crippen LogP contribution in [0.4, 0.5) is 10.2 Å². The van der Waals surface area contributed by atoms with Gasteiger partial charge in [-0.25, -0.2) is 4.39 Å². The second kappa shape index (κ2) is 9.72. The molecule has 0 radical (unpaired) electrons. The van der Waals surface area contributed by atoms with Gasteiger partial charge in [-0.05, 0) is 74.3 Å². The number of aromatic nitrogens is 2. The molecule has 0 amide bonds. The molecule has 2 bridgehead atoms. The molecule has 2 aliphatic heterocycles. The fourth-order valence-electron chi connectivity index (χ4n) is 6.71. The van der Waals surface area contributed by atoms with E-state index in [1.807, 2.05) is 24.3 Å². The fourth-order valence-corrected chi connectivity index (χ4v) is 7.00. The smallest absolute Gasteiger partial charge is 0.319 e. The van der Waals surface area contributed by atoms with Crippen molar-refractivity contribution in [2.75, 3.05) is 45.2 Å². The van der Waals surface area contributed by atoms with Crippen LogP contribution >= 0.6 is 11.6 Å². The summed E-state index contributed by atoms with van der Waals surface area (Å²) in [6.45, 7) is 3.12. The van der Waals surface area contributed by atoms with Gasteiger partial charge in [-0.2, -0.15) is 9.97 Å². The topological polar surface area (TPSA) is 73.8 Å². The predicted octanol–water partition coefficient (Wildman–Crippen LogP) is 5.61. The number of hydrogen-bond acceptors (Lipinski definition) is 7. The van der Waals surface area contributed by atoms with E-state index in [1.165, 1.54) is 0 Å². The molecule has 0 spiro atoms. The maximum atomic E-state index is 16.7. The van der Waals surface area contributed by atoms with Crippen LogP contribution in [0.15, 0.2) is 42.5 Å². The highest BCUT2D eigenvalue weighted by Crippen LogP contribution is 2.47. The number of nitrogens with zero attached hydrogens (tertiary/aromatic N) is 4. The molecule has 1 saturated carbocycles. The number of ether oxygens (including phenoxy) is 1. The average Bonchev–Trinajstić information content (AvgIpc) is 3.64. The van der Waals surface area contributed by atoms with Gasteiger partial charge < -0.3 is 25.0 Å². The summed E-state index contributed by atoms with van der Waals surface area (Å²) in [5, 5.41) is 16.4. The molecule has 2 atom stereocenters. The standard InChI is InChI=1S/C31H33ClFN5O2/c1-37(2)16-31(9-10-31)17-40-30-35-28-24(29(36-30)38-19-7-8-20(38)15-34-14-19)13-25(32)26(27(28)33)23-12-21(39)11-18-5-3-4-6-22(18)23/h3-6,11-13,19-20,34,39H,7-10,14-17H2,1-2H3. The molecule has 2 unspecified atom stereocenters. The zero-order valence-electron chi connectivity index (χ0n) is 22.8. The molecule has 9 heteroatoms. The first kappa shape index (κ1) is 25.7. The first-order valence-electron chi connectivity index (χ1n) is 14.0. The first-order chi connectivity index (χ1) is 19.3. The number of anilines is 1. The summed E-state index contributed by atoms with van der Waals surface area (Å²) in [7, 11) is 4.13. The zero-order valence-corrected chi connectivity index (χ0v) is 23.5. The van der Waals surface area contributed by atoms with E-state index < -0.39 is 5.82 Å². The summed E-state index contributed by atoms with van der Waals surface area (Å²) in [4.78, 5) is 14.1. The second-order valence-electron chi connectivity index (χ2n) is 12.0. The van der Waals surface area contributed by atoms with Crippen LogP contribution in [0.1, 0.15) is 25.7 Å². The lowest BCUT2D eigenvalue weighted by Gasteiger charge is -2.37. The number of halogens is 2. The van der Waals surface area contributed by atoms with Gasteiger partial charge in [0.05, 0.1) is 11.6 Å². The van der Waals surface area contributed by atoms with E-state index in [0.717, 1.165) is 56.1 Å². The van der Waals surface area contributed by atoms with Crippen molar-refractivity contribution in [1.82, 2.24) is 20.2 Å². The predicted molar refractivity (Wildman–Crippen MR) is 157 cm³/mol. The van der Waals surface area contributed by atoms with Crippen LogP contribution in [-0.2, 0) is 0 Å². The molecular weight excluding hydrogens is 529 g/mol. The quantitative estimate of drug-likeness (QED) is 0.304. The van der Waals surface area contributed by atoms with Crippen molar-refractivity contribution in [3.63, 3.8) is 0 Å². The molecule has 2 N–H and O–H groups in total. The van der Waals surface area contributed by atoms with Crippen molar-refractivity contribution in [2.24, 2.45) is 5.41 Å². The van der Waals surface area contributed by atoms with Gasteiger partial charge >= 0.3 is 6.01 Å². The van der Waals surface area contributed by atoms with Crippen LogP contribution < -0.4 is 15.0 Å². The number of piperazine rings is 1. The Labute approximate surface area is 237 Å². The molecular formula is C31H33ClFN5O2. The van der Waals surface area contributed by atoms with Gasteiger partial charge in [0, 0.05) is 48.1 Å². The highest BCUT2D eigenvalue weighted by Gasteiger charge is 2.44. The van der Waals surface area contributed by atoms with Crippen LogP contribution in [0.3, 0.4) is 0 Å². The van der Waals surface area contributed by atoms with E-state index >= 15 is 4.39 Å². The minimum Gasteiger partial charge on any atom is -0.508 e. The van der Waals surface area contributed by atoms with Gasteiger partial charge in [0.2, 0.25) is 0 Å². The summed E-state index contributed by atoms with van der Waals surface area (Å²) in [5.41, 5.74) is 1.00.